The average molecular weight is 238 g/mol. The number of hydrogen-bond donors (Lipinski definition) is 1. The molecule has 0 spiro atoms. The summed E-state index contributed by atoms with van der Waals surface area (Å²) in [6.45, 7) is 4.54. The summed E-state index contributed by atoms with van der Waals surface area (Å²) in [7, 11) is 0. The van der Waals surface area contributed by atoms with Gasteiger partial charge in [-0.2, -0.15) is 5.26 Å². The number of nitriles is 1. The van der Waals surface area contributed by atoms with E-state index in [1.807, 2.05) is 62.4 Å². The number of nitrogens with zero attached hydrogens (tertiary/aromatic N) is 1. The summed E-state index contributed by atoms with van der Waals surface area (Å²) >= 11 is 0. The van der Waals surface area contributed by atoms with Gasteiger partial charge in [-0.1, -0.05) is 56.3 Å². The fourth-order valence-corrected chi connectivity index (χ4v) is 1.65. The second-order valence-corrected chi connectivity index (χ2v) is 3.56. The first-order valence-electron chi connectivity index (χ1n) is 6.13. The summed E-state index contributed by atoms with van der Waals surface area (Å²) < 4.78 is 0. The number of rotatable bonds is 2. The lowest BCUT2D eigenvalue weighted by atomic mass is 9.99. The van der Waals surface area contributed by atoms with Crippen LogP contribution in [0.4, 0.5) is 0 Å². The highest BCUT2D eigenvalue weighted by molar-refractivity contribution is 5.70. The van der Waals surface area contributed by atoms with E-state index >= 15 is 0 Å². The predicted octanol–water partition coefficient (Wildman–Crippen LogP) is 3.71. The maximum Gasteiger partial charge on any atom is 0.0998 e. The SMILES string of the molecule is CC.N#Cc1ccccc1-c1ccc(CN)cc1. The van der Waals surface area contributed by atoms with E-state index in [4.69, 9.17) is 11.0 Å². The van der Waals surface area contributed by atoms with Crippen LogP contribution >= 0.6 is 0 Å². The third-order valence-electron chi connectivity index (χ3n) is 2.55. The molecule has 2 nitrogen and oxygen atoms in total. The van der Waals surface area contributed by atoms with E-state index < -0.39 is 0 Å². The van der Waals surface area contributed by atoms with Crippen molar-refractivity contribution in [1.82, 2.24) is 0 Å². The van der Waals surface area contributed by atoms with Gasteiger partial charge in [0.15, 0.2) is 0 Å². The molecule has 0 bridgehead atoms. The molecule has 18 heavy (non-hydrogen) atoms. The Morgan fingerprint density at radius 2 is 1.61 bits per heavy atom. The van der Waals surface area contributed by atoms with Crippen molar-refractivity contribution in [3.63, 3.8) is 0 Å². The third kappa shape index (κ3) is 3.19. The van der Waals surface area contributed by atoms with E-state index in [0.29, 0.717) is 12.1 Å². The van der Waals surface area contributed by atoms with Crippen LogP contribution in [0.5, 0.6) is 0 Å². The second-order valence-electron chi connectivity index (χ2n) is 3.56. The van der Waals surface area contributed by atoms with Crippen LogP contribution < -0.4 is 5.73 Å². The van der Waals surface area contributed by atoms with Crippen molar-refractivity contribution in [2.75, 3.05) is 0 Å². The molecule has 2 rings (SSSR count). The average Bonchev–Trinajstić information content (AvgIpc) is 2.49. The Labute approximate surface area is 109 Å². The Balaban J connectivity index is 0.000000771. The van der Waals surface area contributed by atoms with Crippen LogP contribution in [0.25, 0.3) is 11.1 Å². The van der Waals surface area contributed by atoms with Crippen LogP contribution in [0.3, 0.4) is 0 Å². The molecule has 0 saturated heterocycles. The van der Waals surface area contributed by atoms with Gasteiger partial charge in [-0.05, 0) is 22.8 Å². The first kappa shape index (κ1) is 14.0. The zero-order valence-electron chi connectivity index (χ0n) is 10.9. The van der Waals surface area contributed by atoms with Crippen LogP contribution in [0, 0.1) is 11.3 Å². The van der Waals surface area contributed by atoms with E-state index in [1.165, 1.54) is 0 Å². The largest absolute Gasteiger partial charge is 0.326 e. The van der Waals surface area contributed by atoms with E-state index in [-0.39, 0.29) is 0 Å². The molecule has 0 fully saturated rings. The second kappa shape index (κ2) is 7.26. The van der Waals surface area contributed by atoms with Crippen molar-refractivity contribution in [2.24, 2.45) is 5.73 Å². The molecule has 0 unspecified atom stereocenters. The van der Waals surface area contributed by atoms with Gasteiger partial charge in [-0.25, -0.2) is 0 Å². The van der Waals surface area contributed by atoms with Crippen LogP contribution in [0.2, 0.25) is 0 Å². The fraction of sp³-hybridized carbons (Fsp3) is 0.188. The molecule has 0 atom stereocenters. The third-order valence-corrected chi connectivity index (χ3v) is 2.55. The lowest BCUT2D eigenvalue weighted by molar-refractivity contribution is 1.07. The van der Waals surface area contributed by atoms with Crippen molar-refractivity contribution < 1.29 is 0 Å². The summed E-state index contributed by atoms with van der Waals surface area (Å²) in [6, 6.07) is 17.8. The van der Waals surface area contributed by atoms with E-state index in [0.717, 1.165) is 16.7 Å². The lowest BCUT2D eigenvalue weighted by Crippen LogP contribution is -1.95. The van der Waals surface area contributed by atoms with Crippen molar-refractivity contribution >= 4 is 0 Å². The first-order chi connectivity index (χ1) is 8.85. The Hall–Kier alpha value is -2.11. The van der Waals surface area contributed by atoms with Crippen LogP contribution in [0.1, 0.15) is 25.0 Å². The Morgan fingerprint density at radius 3 is 2.17 bits per heavy atom. The smallest absolute Gasteiger partial charge is 0.0998 e. The van der Waals surface area contributed by atoms with Crippen molar-refractivity contribution in [1.29, 1.82) is 5.26 Å². The molecule has 0 amide bonds. The standard InChI is InChI=1S/C14H12N2.C2H6/c15-9-11-5-7-12(8-6-11)14-4-2-1-3-13(14)10-16;1-2/h1-8H,9,15H2;1-2H3. The molecule has 0 aliphatic heterocycles. The molecule has 0 aromatic heterocycles. The number of nitrogens with two attached hydrogens (primary N) is 1. The fourth-order valence-electron chi connectivity index (χ4n) is 1.65. The maximum atomic E-state index is 9.01. The van der Waals surface area contributed by atoms with Crippen LogP contribution in [0.15, 0.2) is 48.5 Å². The van der Waals surface area contributed by atoms with Gasteiger partial charge in [0.05, 0.1) is 11.6 Å². The molecular formula is C16H18N2. The predicted molar refractivity (Wildman–Crippen MR) is 75.8 cm³/mol. The summed E-state index contributed by atoms with van der Waals surface area (Å²) in [5, 5.41) is 9.01. The van der Waals surface area contributed by atoms with E-state index in [1.54, 1.807) is 0 Å². The molecule has 2 aromatic rings. The Kier molecular flexibility index (Phi) is 5.63. The summed E-state index contributed by atoms with van der Waals surface area (Å²) in [5.41, 5.74) is 9.35. The Bertz CT molecular complexity index is 522. The first-order valence-corrected chi connectivity index (χ1v) is 6.13. The monoisotopic (exact) mass is 238 g/mol. The van der Waals surface area contributed by atoms with Crippen LogP contribution in [-0.2, 0) is 6.54 Å². The van der Waals surface area contributed by atoms with Crippen LogP contribution in [-0.4, -0.2) is 0 Å². The van der Waals surface area contributed by atoms with Crippen molar-refractivity contribution in [3.8, 4) is 17.2 Å². The zero-order chi connectivity index (χ0) is 13.4. The van der Waals surface area contributed by atoms with Gasteiger partial charge in [-0.15, -0.1) is 0 Å². The quantitative estimate of drug-likeness (QED) is 0.867. The van der Waals surface area contributed by atoms with Crippen molar-refractivity contribution in [3.05, 3.63) is 59.7 Å². The summed E-state index contributed by atoms with van der Waals surface area (Å²) in [4.78, 5) is 0. The minimum Gasteiger partial charge on any atom is -0.326 e. The highest BCUT2D eigenvalue weighted by Crippen LogP contribution is 2.23. The lowest BCUT2D eigenvalue weighted by Gasteiger charge is -2.04. The molecule has 0 heterocycles. The van der Waals surface area contributed by atoms with Gasteiger partial charge < -0.3 is 5.73 Å². The molecule has 92 valence electrons. The molecule has 0 radical (unpaired) electrons. The minimum absolute atomic E-state index is 0.542. The topological polar surface area (TPSA) is 49.8 Å². The van der Waals surface area contributed by atoms with Gasteiger partial charge in [0, 0.05) is 6.54 Å². The normalized spacial score (nSPS) is 9.00. The van der Waals surface area contributed by atoms with Gasteiger partial charge in [0.2, 0.25) is 0 Å². The number of hydrogen-bond acceptors (Lipinski definition) is 2. The van der Waals surface area contributed by atoms with Gasteiger partial charge >= 0.3 is 0 Å². The number of benzene rings is 2. The maximum absolute atomic E-state index is 9.01. The molecule has 2 heteroatoms. The molecule has 0 saturated carbocycles. The van der Waals surface area contributed by atoms with Crippen molar-refractivity contribution in [2.45, 2.75) is 20.4 Å². The minimum atomic E-state index is 0.542. The van der Waals surface area contributed by atoms with Gasteiger partial charge in [0.1, 0.15) is 0 Å². The summed E-state index contributed by atoms with van der Waals surface area (Å²) in [5.74, 6) is 0. The van der Waals surface area contributed by atoms with E-state index in [2.05, 4.69) is 6.07 Å². The molecule has 0 aliphatic carbocycles. The summed E-state index contributed by atoms with van der Waals surface area (Å²) in [6.07, 6.45) is 0. The molecular weight excluding hydrogens is 220 g/mol. The van der Waals surface area contributed by atoms with Gasteiger partial charge in [0.25, 0.3) is 0 Å². The van der Waals surface area contributed by atoms with E-state index in [9.17, 15) is 0 Å². The highest BCUT2D eigenvalue weighted by Gasteiger charge is 2.02. The Morgan fingerprint density at radius 1 is 1.00 bits per heavy atom. The zero-order valence-corrected chi connectivity index (χ0v) is 10.9. The molecule has 0 aliphatic rings. The molecule has 2 N–H and O–H groups in total. The molecule has 2 aromatic carbocycles. The highest BCUT2D eigenvalue weighted by atomic mass is 14.5. The van der Waals surface area contributed by atoms with Gasteiger partial charge in [-0.3, -0.25) is 0 Å².